The molecule has 1 fully saturated rings. The minimum atomic E-state index is -0.0248. The molecular weight excluding hydrogens is 259 g/mol. The highest BCUT2D eigenvalue weighted by atomic mass is 35.5. The fraction of sp³-hybridized carbons (Fsp3) is 0.385. The van der Waals surface area contributed by atoms with E-state index in [-0.39, 0.29) is 6.10 Å². The van der Waals surface area contributed by atoms with Crippen molar-refractivity contribution < 1.29 is 9.47 Å². The quantitative estimate of drug-likeness (QED) is 0.835. The van der Waals surface area contributed by atoms with Gasteiger partial charge in [-0.25, -0.2) is 0 Å². The molecule has 1 aromatic rings. The highest BCUT2D eigenvalue weighted by molar-refractivity contribution is 6.49. The van der Waals surface area contributed by atoms with Gasteiger partial charge in [0.15, 0.2) is 0 Å². The molecule has 1 atom stereocenters. The Bertz CT molecular complexity index is 412. The van der Waals surface area contributed by atoms with Crippen LogP contribution >= 0.6 is 23.2 Å². The van der Waals surface area contributed by atoms with E-state index in [9.17, 15) is 0 Å². The molecule has 92 valence electrons. The van der Waals surface area contributed by atoms with Crippen molar-refractivity contribution in [2.24, 2.45) is 0 Å². The molecule has 17 heavy (non-hydrogen) atoms. The lowest BCUT2D eigenvalue weighted by Crippen LogP contribution is -2.15. The molecule has 2 rings (SSSR count). The van der Waals surface area contributed by atoms with Gasteiger partial charge in [-0.15, -0.1) is 0 Å². The van der Waals surface area contributed by atoms with Gasteiger partial charge in [-0.3, -0.25) is 0 Å². The van der Waals surface area contributed by atoms with Crippen LogP contribution in [-0.4, -0.2) is 25.9 Å². The fourth-order valence-corrected chi connectivity index (χ4v) is 2.23. The zero-order valence-electron chi connectivity index (χ0n) is 9.58. The fourth-order valence-electron chi connectivity index (χ4n) is 1.81. The molecule has 0 radical (unpaired) electrons. The minimum absolute atomic E-state index is 0.0248. The maximum Gasteiger partial charge on any atom is 0.106 e. The average Bonchev–Trinajstić information content (AvgIpc) is 2.78. The van der Waals surface area contributed by atoms with Crippen LogP contribution in [0.2, 0.25) is 5.02 Å². The van der Waals surface area contributed by atoms with Crippen LogP contribution < -0.4 is 0 Å². The van der Waals surface area contributed by atoms with Crippen molar-refractivity contribution in [3.63, 3.8) is 0 Å². The van der Waals surface area contributed by atoms with Crippen LogP contribution in [0.5, 0.6) is 0 Å². The van der Waals surface area contributed by atoms with Gasteiger partial charge in [-0.1, -0.05) is 35.3 Å². The standard InChI is InChI=1S/C13H14Cl2O2/c1-2-17-12-8-16-7-11(12)13(15)9-3-5-10(14)6-4-9/h3-6,12H,2,7-8H2,1H3/b13-11+. The zero-order valence-corrected chi connectivity index (χ0v) is 11.1. The molecule has 0 spiro atoms. The first-order chi connectivity index (χ1) is 8.22. The third kappa shape index (κ3) is 3.02. The van der Waals surface area contributed by atoms with E-state index in [1.54, 1.807) is 0 Å². The number of hydrogen-bond donors (Lipinski definition) is 0. The summed E-state index contributed by atoms with van der Waals surface area (Å²) in [6.07, 6.45) is -0.0248. The highest BCUT2D eigenvalue weighted by Gasteiger charge is 2.25. The largest absolute Gasteiger partial charge is 0.374 e. The average molecular weight is 273 g/mol. The molecule has 1 saturated heterocycles. The van der Waals surface area contributed by atoms with E-state index in [2.05, 4.69) is 0 Å². The van der Waals surface area contributed by atoms with Crippen molar-refractivity contribution in [1.82, 2.24) is 0 Å². The van der Waals surface area contributed by atoms with E-state index in [1.165, 1.54) is 0 Å². The third-order valence-electron chi connectivity index (χ3n) is 2.66. The van der Waals surface area contributed by atoms with Gasteiger partial charge in [0.25, 0.3) is 0 Å². The Balaban J connectivity index is 2.27. The first-order valence-corrected chi connectivity index (χ1v) is 6.31. The van der Waals surface area contributed by atoms with E-state index in [4.69, 9.17) is 32.7 Å². The van der Waals surface area contributed by atoms with Gasteiger partial charge in [0.05, 0.1) is 18.2 Å². The number of halogens is 2. The summed E-state index contributed by atoms with van der Waals surface area (Å²) < 4.78 is 11.0. The number of benzene rings is 1. The molecule has 1 aliphatic rings. The molecule has 0 aliphatic carbocycles. The molecule has 2 nitrogen and oxygen atoms in total. The van der Waals surface area contributed by atoms with Gasteiger partial charge in [-0.2, -0.15) is 0 Å². The number of hydrogen-bond acceptors (Lipinski definition) is 2. The Labute approximate surface area is 111 Å². The van der Waals surface area contributed by atoms with Gasteiger partial charge in [0, 0.05) is 17.2 Å². The molecule has 1 heterocycles. The Morgan fingerprint density at radius 2 is 2.12 bits per heavy atom. The van der Waals surface area contributed by atoms with Crippen molar-refractivity contribution in [1.29, 1.82) is 0 Å². The van der Waals surface area contributed by atoms with Gasteiger partial charge in [0.2, 0.25) is 0 Å². The monoisotopic (exact) mass is 272 g/mol. The van der Waals surface area contributed by atoms with Crippen molar-refractivity contribution in [3.05, 3.63) is 40.4 Å². The molecular formula is C13H14Cl2O2. The van der Waals surface area contributed by atoms with Gasteiger partial charge in [-0.05, 0) is 24.6 Å². The van der Waals surface area contributed by atoms with Crippen LogP contribution in [0, 0.1) is 0 Å². The van der Waals surface area contributed by atoms with E-state index in [0.29, 0.717) is 29.9 Å². The van der Waals surface area contributed by atoms with Gasteiger partial charge in [0.1, 0.15) is 6.10 Å². The minimum Gasteiger partial charge on any atom is -0.374 e. The lowest BCUT2D eigenvalue weighted by molar-refractivity contribution is 0.0609. The Morgan fingerprint density at radius 1 is 1.41 bits per heavy atom. The number of rotatable bonds is 3. The maximum atomic E-state index is 6.37. The summed E-state index contributed by atoms with van der Waals surface area (Å²) in [5.41, 5.74) is 1.96. The first-order valence-electron chi connectivity index (χ1n) is 5.56. The van der Waals surface area contributed by atoms with Crippen LogP contribution in [0.3, 0.4) is 0 Å². The Kier molecular flexibility index (Phi) is 4.46. The van der Waals surface area contributed by atoms with Crippen molar-refractivity contribution >= 4 is 28.2 Å². The SMILES string of the molecule is CCOC1COC/C1=C(\Cl)c1ccc(Cl)cc1. The molecule has 0 saturated carbocycles. The Hall–Kier alpha value is -0.540. The first kappa shape index (κ1) is 12.9. The van der Waals surface area contributed by atoms with E-state index >= 15 is 0 Å². The lowest BCUT2D eigenvalue weighted by Gasteiger charge is -2.12. The molecule has 0 amide bonds. The van der Waals surface area contributed by atoms with Crippen LogP contribution in [0.15, 0.2) is 29.8 Å². The van der Waals surface area contributed by atoms with Gasteiger partial charge >= 0.3 is 0 Å². The normalized spacial score (nSPS) is 22.9. The Morgan fingerprint density at radius 3 is 2.76 bits per heavy atom. The van der Waals surface area contributed by atoms with E-state index in [1.807, 2.05) is 31.2 Å². The molecule has 0 aromatic heterocycles. The molecule has 4 heteroatoms. The second kappa shape index (κ2) is 5.87. The van der Waals surface area contributed by atoms with Crippen molar-refractivity contribution in [2.45, 2.75) is 13.0 Å². The smallest absolute Gasteiger partial charge is 0.106 e. The maximum absolute atomic E-state index is 6.37. The molecule has 0 N–H and O–H groups in total. The van der Waals surface area contributed by atoms with E-state index in [0.717, 1.165) is 11.1 Å². The van der Waals surface area contributed by atoms with Crippen LogP contribution in [-0.2, 0) is 9.47 Å². The predicted octanol–water partition coefficient (Wildman–Crippen LogP) is 3.73. The van der Waals surface area contributed by atoms with Crippen LogP contribution in [0.1, 0.15) is 12.5 Å². The lowest BCUT2D eigenvalue weighted by atomic mass is 10.1. The van der Waals surface area contributed by atoms with Crippen LogP contribution in [0.4, 0.5) is 0 Å². The second-order valence-corrected chi connectivity index (χ2v) is 4.62. The number of ether oxygens (including phenoxy) is 2. The van der Waals surface area contributed by atoms with Gasteiger partial charge < -0.3 is 9.47 Å². The van der Waals surface area contributed by atoms with Crippen molar-refractivity contribution in [3.8, 4) is 0 Å². The summed E-state index contributed by atoms with van der Waals surface area (Å²) in [6.45, 7) is 3.73. The summed E-state index contributed by atoms with van der Waals surface area (Å²) >= 11 is 12.2. The molecule has 1 aromatic carbocycles. The molecule has 1 aliphatic heterocycles. The summed E-state index contributed by atoms with van der Waals surface area (Å²) in [4.78, 5) is 0. The summed E-state index contributed by atoms with van der Waals surface area (Å²) in [5.74, 6) is 0. The molecule has 0 bridgehead atoms. The summed E-state index contributed by atoms with van der Waals surface area (Å²) in [6, 6.07) is 7.45. The zero-order chi connectivity index (χ0) is 12.3. The second-order valence-electron chi connectivity index (χ2n) is 3.81. The van der Waals surface area contributed by atoms with Crippen LogP contribution in [0.25, 0.3) is 5.03 Å². The van der Waals surface area contributed by atoms with E-state index < -0.39 is 0 Å². The topological polar surface area (TPSA) is 18.5 Å². The third-order valence-corrected chi connectivity index (χ3v) is 3.38. The predicted molar refractivity (Wildman–Crippen MR) is 70.5 cm³/mol. The summed E-state index contributed by atoms with van der Waals surface area (Å²) in [5, 5.41) is 1.41. The molecule has 1 unspecified atom stereocenters. The summed E-state index contributed by atoms with van der Waals surface area (Å²) in [7, 11) is 0. The highest BCUT2D eigenvalue weighted by Crippen LogP contribution is 2.30. The van der Waals surface area contributed by atoms with Crippen molar-refractivity contribution in [2.75, 3.05) is 19.8 Å².